The minimum Gasteiger partial charge on any atom is -0.496 e. The molecule has 0 aliphatic carbocycles. The number of aromatic nitrogens is 1. The first kappa shape index (κ1) is 19.5. The van der Waals surface area contributed by atoms with Crippen molar-refractivity contribution >= 4 is 11.9 Å². The molecule has 0 N–H and O–H groups in total. The normalized spacial score (nSPS) is 10.7. The fourth-order valence-electron chi connectivity index (χ4n) is 2.40. The maximum atomic E-state index is 13.0. The molecule has 7 heteroatoms. The Morgan fingerprint density at radius 2 is 1.96 bits per heavy atom. The van der Waals surface area contributed by atoms with Crippen LogP contribution in [0.25, 0.3) is 0 Å². The molecule has 0 aliphatic rings. The van der Waals surface area contributed by atoms with Crippen LogP contribution in [0.15, 0.2) is 34.9 Å². The second-order valence-electron chi connectivity index (χ2n) is 6.23. The van der Waals surface area contributed by atoms with Crippen LogP contribution < -0.4 is 4.74 Å². The van der Waals surface area contributed by atoms with Gasteiger partial charge in [0, 0.05) is 6.54 Å². The number of benzene rings is 1. The van der Waals surface area contributed by atoms with E-state index in [4.69, 9.17) is 9.15 Å². The van der Waals surface area contributed by atoms with Crippen LogP contribution in [0.3, 0.4) is 0 Å². The Kier molecular flexibility index (Phi) is 6.77. The summed E-state index contributed by atoms with van der Waals surface area (Å²) in [4.78, 5) is 30.3. The molecule has 0 unspecified atom stereocenters. The zero-order chi connectivity index (χ0) is 19.1. The largest absolute Gasteiger partial charge is 0.496 e. The summed E-state index contributed by atoms with van der Waals surface area (Å²) < 4.78 is 15.2. The van der Waals surface area contributed by atoms with Gasteiger partial charge in [-0.25, -0.2) is 9.78 Å². The van der Waals surface area contributed by atoms with Gasteiger partial charge in [-0.3, -0.25) is 4.79 Å². The maximum Gasteiger partial charge on any atom is 0.360 e. The third kappa shape index (κ3) is 4.84. The van der Waals surface area contributed by atoms with Crippen molar-refractivity contribution in [2.75, 3.05) is 20.8 Å². The maximum absolute atomic E-state index is 13.0. The average Bonchev–Trinajstić information content (AvgIpc) is 3.12. The fourth-order valence-corrected chi connectivity index (χ4v) is 2.40. The molecule has 2 rings (SSSR count). The molecule has 26 heavy (non-hydrogen) atoms. The van der Waals surface area contributed by atoms with E-state index in [9.17, 15) is 9.59 Å². The molecular weight excluding hydrogens is 336 g/mol. The van der Waals surface area contributed by atoms with Crippen molar-refractivity contribution in [1.29, 1.82) is 0 Å². The van der Waals surface area contributed by atoms with E-state index in [2.05, 4.69) is 23.6 Å². The van der Waals surface area contributed by atoms with Crippen molar-refractivity contribution in [2.45, 2.75) is 26.8 Å². The van der Waals surface area contributed by atoms with Gasteiger partial charge in [0.05, 0.1) is 26.3 Å². The van der Waals surface area contributed by atoms with E-state index in [1.54, 1.807) is 23.1 Å². The van der Waals surface area contributed by atoms with Crippen molar-refractivity contribution in [3.63, 3.8) is 0 Å². The molecule has 140 valence electrons. The third-order valence-corrected chi connectivity index (χ3v) is 3.87. The Balaban J connectivity index is 2.23. The highest BCUT2D eigenvalue weighted by atomic mass is 16.5. The first-order valence-corrected chi connectivity index (χ1v) is 8.41. The van der Waals surface area contributed by atoms with Gasteiger partial charge in [0.2, 0.25) is 5.89 Å². The van der Waals surface area contributed by atoms with Crippen LogP contribution in [0.2, 0.25) is 0 Å². The summed E-state index contributed by atoms with van der Waals surface area (Å²) in [5.74, 6) is 0.455. The number of esters is 1. The quantitative estimate of drug-likeness (QED) is 0.673. The Bertz CT molecular complexity index is 754. The molecule has 2 aromatic rings. The minimum absolute atomic E-state index is 0.0797. The molecule has 1 aromatic heterocycles. The van der Waals surface area contributed by atoms with E-state index >= 15 is 0 Å². The van der Waals surface area contributed by atoms with Gasteiger partial charge in [-0.15, -0.1) is 0 Å². The zero-order valence-electron chi connectivity index (χ0n) is 15.5. The monoisotopic (exact) mass is 360 g/mol. The van der Waals surface area contributed by atoms with E-state index in [-0.39, 0.29) is 24.0 Å². The highest BCUT2D eigenvalue weighted by Crippen LogP contribution is 2.21. The molecular formula is C19H24N2O5. The molecule has 0 radical (unpaired) electrons. The lowest BCUT2D eigenvalue weighted by atomic mass is 10.1. The van der Waals surface area contributed by atoms with Crippen LogP contribution in [0.4, 0.5) is 0 Å². The topological polar surface area (TPSA) is 81.9 Å². The molecule has 0 saturated heterocycles. The van der Waals surface area contributed by atoms with Gasteiger partial charge in [0.15, 0.2) is 5.69 Å². The molecule has 1 amide bonds. The summed E-state index contributed by atoms with van der Waals surface area (Å²) in [5.41, 5.74) is 0.551. The lowest BCUT2D eigenvalue weighted by molar-refractivity contribution is 0.0594. The zero-order valence-corrected chi connectivity index (χ0v) is 15.5. The molecule has 0 atom stereocenters. The van der Waals surface area contributed by atoms with Crippen molar-refractivity contribution in [3.05, 3.63) is 47.7 Å². The molecule has 1 heterocycles. The third-order valence-electron chi connectivity index (χ3n) is 3.87. The minimum atomic E-state index is -0.579. The Hall–Kier alpha value is -2.83. The number of hydrogen-bond acceptors (Lipinski definition) is 6. The smallest absolute Gasteiger partial charge is 0.360 e. The fraction of sp³-hybridized carbons (Fsp3) is 0.421. The first-order valence-electron chi connectivity index (χ1n) is 8.41. The molecule has 0 bridgehead atoms. The number of rotatable bonds is 8. The SMILES string of the molecule is COC(=O)c1coc(CN(CCC(C)C)C(=O)c2ccccc2OC)n1. The number of para-hydroxylation sites is 1. The van der Waals surface area contributed by atoms with E-state index in [1.165, 1.54) is 20.5 Å². The highest BCUT2D eigenvalue weighted by molar-refractivity contribution is 5.96. The lowest BCUT2D eigenvalue weighted by Crippen LogP contribution is -2.32. The summed E-state index contributed by atoms with van der Waals surface area (Å²) in [5, 5.41) is 0. The van der Waals surface area contributed by atoms with Crippen LogP contribution >= 0.6 is 0 Å². The van der Waals surface area contributed by atoms with Crippen LogP contribution in [-0.4, -0.2) is 42.5 Å². The molecule has 0 aliphatic heterocycles. The standard InChI is InChI=1S/C19H24N2O5/c1-13(2)9-10-21(11-17-20-15(12-26-17)19(23)25-4)18(22)14-7-5-6-8-16(14)24-3/h5-8,12-13H,9-11H2,1-4H3. The predicted octanol–water partition coefficient (Wildman–Crippen LogP) is 3.16. The molecule has 0 spiro atoms. The Morgan fingerprint density at radius 3 is 2.62 bits per heavy atom. The van der Waals surface area contributed by atoms with Gasteiger partial charge in [0.25, 0.3) is 5.91 Å². The second kappa shape index (κ2) is 9.03. The number of ether oxygens (including phenoxy) is 2. The number of amides is 1. The highest BCUT2D eigenvalue weighted by Gasteiger charge is 2.22. The second-order valence-corrected chi connectivity index (χ2v) is 6.23. The number of oxazole rings is 1. The van der Waals surface area contributed by atoms with E-state index in [1.807, 2.05) is 6.07 Å². The molecule has 0 fully saturated rings. The van der Waals surface area contributed by atoms with Crippen LogP contribution in [0, 0.1) is 5.92 Å². The van der Waals surface area contributed by atoms with Crippen LogP contribution in [0.1, 0.15) is 47.0 Å². The Morgan fingerprint density at radius 1 is 1.23 bits per heavy atom. The first-order chi connectivity index (χ1) is 12.5. The molecule has 1 aromatic carbocycles. The van der Waals surface area contributed by atoms with Crippen molar-refractivity contribution in [1.82, 2.24) is 9.88 Å². The van der Waals surface area contributed by atoms with Crippen molar-refractivity contribution in [2.24, 2.45) is 5.92 Å². The number of hydrogen-bond donors (Lipinski definition) is 0. The van der Waals surface area contributed by atoms with E-state index in [0.717, 1.165) is 6.42 Å². The van der Waals surface area contributed by atoms with Gasteiger partial charge in [-0.1, -0.05) is 26.0 Å². The lowest BCUT2D eigenvalue weighted by Gasteiger charge is -2.23. The van der Waals surface area contributed by atoms with Gasteiger partial charge in [-0.2, -0.15) is 0 Å². The summed E-state index contributed by atoms with van der Waals surface area (Å²) in [6.07, 6.45) is 2.06. The number of methoxy groups -OCH3 is 2. The van der Waals surface area contributed by atoms with Gasteiger partial charge < -0.3 is 18.8 Å². The summed E-state index contributed by atoms with van der Waals surface area (Å²) in [6.45, 7) is 4.86. The number of nitrogens with zero attached hydrogens (tertiary/aromatic N) is 2. The van der Waals surface area contributed by atoms with Gasteiger partial charge >= 0.3 is 5.97 Å². The van der Waals surface area contributed by atoms with Crippen molar-refractivity contribution < 1.29 is 23.5 Å². The van der Waals surface area contributed by atoms with E-state index < -0.39 is 5.97 Å². The summed E-state index contributed by atoms with van der Waals surface area (Å²) in [7, 11) is 2.80. The average molecular weight is 360 g/mol. The predicted molar refractivity (Wildman–Crippen MR) is 95.0 cm³/mol. The van der Waals surface area contributed by atoms with Gasteiger partial charge in [-0.05, 0) is 24.5 Å². The number of carbonyl (C=O) groups is 2. The summed E-state index contributed by atoms with van der Waals surface area (Å²) in [6, 6.07) is 7.06. The number of carbonyl (C=O) groups excluding carboxylic acids is 2. The molecule has 0 saturated carbocycles. The van der Waals surface area contributed by atoms with E-state index in [0.29, 0.717) is 23.8 Å². The van der Waals surface area contributed by atoms with Crippen LogP contribution in [0.5, 0.6) is 5.75 Å². The molecule has 7 nitrogen and oxygen atoms in total. The Labute approximate surface area is 152 Å². The van der Waals surface area contributed by atoms with Crippen LogP contribution in [-0.2, 0) is 11.3 Å². The summed E-state index contributed by atoms with van der Waals surface area (Å²) >= 11 is 0. The van der Waals surface area contributed by atoms with Crippen molar-refractivity contribution in [3.8, 4) is 5.75 Å². The van der Waals surface area contributed by atoms with Gasteiger partial charge in [0.1, 0.15) is 12.0 Å².